The lowest BCUT2D eigenvalue weighted by Gasteiger charge is -2.31. The largest absolute Gasteiger partial charge is 0.0922 e. The Morgan fingerprint density at radius 1 is 1.00 bits per heavy atom. The van der Waals surface area contributed by atoms with Gasteiger partial charge >= 0.3 is 0 Å². The molecule has 0 aliphatic carbocycles. The SMILES string of the molecule is CCCCC(CC)(CBr)CCCc1ccccc1. The van der Waals surface area contributed by atoms with Crippen LogP contribution in [-0.4, -0.2) is 5.33 Å². The molecule has 1 atom stereocenters. The summed E-state index contributed by atoms with van der Waals surface area (Å²) in [5, 5.41) is 1.16. The Morgan fingerprint density at radius 3 is 2.22 bits per heavy atom. The van der Waals surface area contributed by atoms with Gasteiger partial charge in [-0.15, -0.1) is 0 Å². The van der Waals surface area contributed by atoms with E-state index < -0.39 is 0 Å². The minimum atomic E-state index is 0.533. The zero-order chi connectivity index (χ0) is 13.3. The second-order valence-corrected chi connectivity index (χ2v) is 5.99. The van der Waals surface area contributed by atoms with Gasteiger partial charge in [-0.2, -0.15) is 0 Å². The molecule has 0 fully saturated rings. The molecule has 18 heavy (non-hydrogen) atoms. The molecule has 0 saturated heterocycles. The van der Waals surface area contributed by atoms with Crippen molar-refractivity contribution in [2.45, 2.75) is 58.8 Å². The van der Waals surface area contributed by atoms with Crippen molar-refractivity contribution >= 4 is 15.9 Å². The molecule has 0 radical (unpaired) electrons. The summed E-state index contributed by atoms with van der Waals surface area (Å²) in [6, 6.07) is 10.9. The van der Waals surface area contributed by atoms with Gasteiger partial charge in [0, 0.05) is 5.33 Å². The topological polar surface area (TPSA) is 0 Å². The highest BCUT2D eigenvalue weighted by Gasteiger charge is 2.25. The fourth-order valence-electron chi connectivity index (χ4n) is 2.57. The molecule has 0 nitrogen and oxygen atoms in total. The quantitative estimate of drug-likeness (QED) is 0.491. The van der Waals surface area contributed by atoms with Crippen LogP contribution in [-0.2, 0) is 6.42 Å². The molecular formula is C17H27Br. The minimum Gasteiger partial charge on any atom is -0.0922 e. The Balaban J connectivity index is 2.42. The Kier molecular flexibility index (Phi) is 7.65. The molecule has 0 amide bonds. The van der Waals surface area contributed by atoms with Crippen molar-refractivity contribution in [2.24, 2.45) is 5.41 Å². The van der Waals surface area contributed by atoms with Crippen molar-refractivity contribution in [3.63, 3.8) is 0 Å². The fourth-order valence-corrected chi connectivity index (χ4v) is 3.53. The van der Waals surface area contributed by atoms with Gasteiger partial charge in [-0.1, -0.05) is 73.0 Å². The first-order valence-corrected chi connectivity index (χ1v) is 8.48. The van der Waals surface area contributed by atoms with Gasteiger partial charge in [-0.3, -0.25) is 0 Å². The molecule has 1 aromatic rings. The molecule has 1 unspecified atom stereocenters. The molecule has 102 valence electrons. The molecule has 0 aliphatic rings. The first-order chi connectivity index (χ1) is 8.76. The molecule has 1 rings (SSSR count). The molecule has 0 saturated carbocycles. The monoisotopic (exact) mass is 310 g/mol. The number of halogens is 1. The summed E-state index contributed by atoms with van der Waals surface area (Å²) in [4.78, 5) is 0. The molecule has 0 N–H and O–H groups in total. The summed E-state index contributed by atoms with van der Waals surface area (Å²) in [5.74, 6) is 0. The van der Waals surface area contributed by atoms with Gasteiger partial charge in [-0.05, 0) is 43.1 Å². The van der Waals surface area contributed by atoms with Crippen molar-refractivity contribution in [3.05, 3.63) is 35.9 Å². The molecule has 0 bridgehead atoms. The van der Waals surface area contributed by atoms with Crippen LogP contribution in [0, 0.1) is 5.41 Å². The summed E-state index contributed by atoms with van der Waals surface area (Å²) in [6.45, 7) is 4.64. The van der Waals surface area contributed by atoms with E-state index in [1.165, 1.54) is 50.5 Å². The number of aryl methyl sites for hydroxylation is 1. The molecule has 0 aliphatic heterocycles. The van der Waals surface area contributed by atoms with Crippen LogP contribution in [0.15, 0.2) is 30.3 Å². The maximum absolute atomic E-state index is 3.75. The lowest BCUT2D eigenvalue weighted by molar-refractivity contribution is 0.256. The highest BCUT2D eigenvalue weighted by Crippen LogP contribution is 2.36. The predicted molar refractivity (Wildman–Crippen MR) is 85.4 cm³/mol. The van der Waals surface area contributed by atoms with Crippen LogP contribution in [0.25, 0.3) is 0 Å². The van der Waals surface area contributed by atoms with Gasteiger partial charge in [0.15, 0.2) is 0 Å². The molecule has 0 aromatic heterocycles. The first-order valence-electron chi connectivity index (χ1n) is 7.36. The van der Waals surface area contributed by atoms with Gasteiger partial charge in [0.25, 0.3) is 0 Å². The summed E-state index contributed by atoms with van der Waals surface area (Å²) in [5.41, 5.74) is 2.01. The van der Waals surface area contributed by atoms with E-state index in [1.807, 2.05) is 0 Å². The molecule has 0 spiro atoms. The van der Waals surface area contributed by atoms with Crippen LogP contribution in [0.1, 0.15) is 57.9 Å². The van der Waals surface area contributed by atoms with Crippen LogP contribution in [0.2, 0.25) is 0 Å². The Morgan fingerprint density at radius 2 is 1.67 bits per heavy atom. The van der Waals surface area contributed by atoms with E-state index in [0.29, 0.717) is 5.41 Å². The molecular weight excluding hydrogens is 284 g/mol. The second kappa shape index (κ2) is 8.74. The molecule has 0 heterocycles. The summed E-state index contributed by atoms with van der Waals surface area (Å²) in [7, 11) is 0. The third kappa shape index (κ3) is 5.14. The van der Waals surface area contributed by atoms with E-state index in [0.717, 1.165) is 5.33 Å². The van der Waals surface area contributed by atoms with Gasteiger partial charge in [-0.25, -0.2) is 0 Å². The van der Waals surface area contributed by atoms with Crippen LogP contribution in [0.4, 0.5) is 0 Å². The van der Waals surface area contributed by atoms with Crippen LogP contribution in [0.5, 0.6) is 0 Å². The zero-order valence-corrected chi connectivity index (χ0v) is 13.5. The van der Waals surface area contributed by atoms with Gasteiger partial charge in [0.2, 0.25) is 0 Å². The van der Waals surface area contributed by atoms with Crippen molar-refractivity contribution in [3.8, 4) is 0 Å². The number of alkyl halides is 1. The fraction of sp³-hybridized carbons (Fsp3) is 0.647. The number of rotatable bonds is 9. The summed E-state index contributed by atoms with van der Waals surface area (Å²) in [6.07, 6.45) is 9.24. The zero-order valence-electron chi connectivity index (χ0n) is 11.9. The van der Waals surface area contributed by atoms with E-state index in [4.69, 9.17) is 0 Å². The van der Waals surface area contributed by atoms with Crippen LogP contribution in [0.3, 0.4) is 0 Å². The first kappa shape index (κ1) is 15.8. The van der Waals surface area contributed by atoms with Gasteiger partial charge in [0.1, 0.15) is 0 Å². The van der Waals surface area contributed by atoms with E-state index >= 15 is 0 Å². The Bertz CT molecular complexity index is 301. The van der Waals surface area contributed by atoms with E-state index in [1.54, 1.807) is 0 Å². The Labute approximate surface area is 121 Å². The number of unbranched alkanes of at least 4 members (excludes halogenated alkanes) is 1. The maximum atomic E-state index is 3.75. The van der Waals surface area contributed by atoms with Gasteiger partial charge in [0.05, 0.1) is 0 Å². The highest BCUT2D eigenvalue weighted by atomic mass is 79.9. The van der Waals surface area contributed by atoms with Crippen molar-refractivity contribution in [1.82, 2.24) is 0 Å². The van der Waals surface area contributed by atoms with Crippen molar-refractivity contribution in [1.29, 1.82) is 0 Å². The Hall–Kier alpha value is -0.300. The lowest BCUT2D eigenvalue weighted by atomic mass is 9.77. The number of benzene rings is 1. The minimum absolute atomic E-state index is 0.533. The summed E-state index contributed by atoms with van der Waals surface area (Å²) < 4.78 is 0. The smallest absolute Gasteiger partial charge is 0.00878 e. The normalized spacial score (nSPS) is 14.4. The second-order valence-electron chi connectivity index (χ2n) is 5.43. The average molecular weight is 311 g/mol. The van der Waals surface area contributed by atoms with E-state index in [9.17, 15) is 0 Å². The molecule has 1 aromatic carbocycles. The predicted octanol–water partition coefficient (Wildman–Crippen LogP) is 5.99. The van der Waals surface area contributed by atoms with Crippen molar-refractivity contribution in [2.75, 3.05) is 5.33 Å². The maximum Gasteiger partial charge on any atom is 0.00878 e. The third-order valence-electron chi connectivity index (χ3n) is 4.11. The third-order valence-corrected chi connectivity index (χ3v) is 5.30. The highest BCUT2D eigenvalue weighted by molar-refractivity contribution is 9.09. The van der Waals surface area contributed by atoms with Crippen molar-refractivity contribution < 1.29 is 0 Å². The number of hydrogen-bond acceptors (Lipinski definition) is 0. The summed E-state index contributed by atoms with van der Waals surface area (Å²) >= 11 is 3.75. The standard InChI is InChI=1S/C17H27Br/c1-3-5-13-17(4-2,15-18)14-9-12-16-10-7-6-8-11-16/h6-8,10-11H,3-5,9,12-15H2,1-2H3. The van der Waals surface area contributed by atoms with E-state index in [2.05, 4.69) is 60.1 Å². The lowest BCUT2D eigenvalue weighted by Crippen LogP contribution is -2.22. The van der Waals surface area contributed by atoms with E-state index in [-0.39, 0.29) is 0 Å². The molecule has 1 heteroatoms. The van der Waals surface area contributed by atoms with Crippen LogP contribution < -0.4 is 0 Å². The van der Waals surface area contributed by atoms with Crippen LogP contribution >= 0.6 is 15.9 Å². The average Bonchev–Trinajstić information content (AvgIpc) is 2.44. The number of hydrogen-bond donors (Lipinski definition) is 0. The van der Waals surface area contributed by atoms with Gasteiger partial charge < -0.3 is 0 Å².